The highest BCUT2D eigenvalue weighted by Crippen LogP contribution is 2.33. The molecular formula is C17H21ClN2O5. The Morgan fingerprint density at radius 2 is 2.24 bits per heavy atom. The van der Waals surface area contributed by atoms with Crippen LogP contribution in [0.4, 0.5) is 0 Å². The molecule has 7 nitrogen and oxygen atoms in total. The molecule has 1 unspecified atom stereocenters. The van der Waals surface area contributed by atoms with Crippen LogP contribution in [0.3, 0.4) is 0 Å². The molecule has 8 heteroatoms. The van der Waals surface area contributed by atoms with E-state index in [-0.39, 0.29) is 24.1 Å². The molecular weight excluding hydrogens is 348 g/mol. The number of carboxylic acids is 1. The Balaban J connectivity index is 1.68. The van der Waals surface area contributed by atoms with Gasteiger partial charge in [0, 0.05) is 26.4 Å². The van der Waals surface area contributed by atoms with Crippen molar-refractivity contribution >= 4 is 23.5 Å². The van der Waals surface area contributed by atoms with Crippen molar-refractivity contribution in [3.8, 4) is 5.88 Å². The molecule has 1 atom stereocenters. The van der Waals surface area contributed by atoms with Crippen LogP contribution in [0.5, 0.6) is 5.88 Å². The lowest BCUT2D eigenvalue weighted by atomic mass is 9.88. The van der Waals surface area contributed by atoms with E-state index in [2.05, 4.69) is 4.98 Å². The van der Waals surface area contributed by atoms with E-state index in [9.17, 15) is 14.7 Å². The lowest BCUT2D eigenvalue weighted by Crippen LogP contribution is -2.40. The van der Waals surface area contributed by atoms with Crippen LogP contribution >= 0.6 is 11.6 Å². The zero-order valence-corrected chi connectivity index (χ0v) is 14.8. The fraction of sp³-hybridized carbons (Fsp3) is 0.588. The van der Waals surface area contributed by atoms with Gasteiger partial charge in [0.2, 0.25) is 5.88 Å². The summed E-state index contributed by atoms with van der Waals surface area (Å²) in [5.74, 6) is -0.341. The Morgan fingerprint density at radius 3 is 2.84 bits per heavy atom. The minimum absolute atomic E-state index is 0.0685. The summed E-state index contributed by atoms with van der Waals surface area (Å²) in [4.78, 5) is 29.9. The molecule has 0 spiro atoms. The van der Waals surface area contributed by atoms with E-state index >= 15 is 0 Å². The van der Waals surface area contributed by atoms with Gasteiger partial charge < -0.3 is 19.5 Å². The molecule has 0 bridgehead atoms. The number of likely N-dealkylation sites (tertiary alicyclic amines) is 1. The highest BCUT2D eigenvalue weighted by Gasteiger charge is 2.46. The smallest absolute Gasteiger partial charge is 0.313 e. The molecule has 0 radical (unpaired) electrons. The van der Waals surface area contributed by atoms with Gasteiger partial charge in [0.25, 0.3) is 5.91 Å². The maximum atomic E-state index is 12.7. The molecule has 136 valence electrons. The minimum atomic E-state index is -1.06. The van der Waals surface area contributed by atoms with Crippen molar-refractivity contribution in [2.75, 3.05) is 33.4 Å². The third-order valence-electron chi connectivity index (χ3n) is 4.72. The zero-order chi connectivity index (χ0) is 18.0. The van der Waals surface area contributed by atoms with Gasteiger partial charge in [-0.25, -0.2) is 4.98 Å². The van der Waals surface area contributed by atoms with Crippen LogP contribution in [-0.4, -0.2) is 60.3 Å². The molecule has 3 rings (SSSR count). The Bertz CT molecular complexity index is 679. The number of rotatable bonds is 7. The summed E-state index contributed by atoms with van der Waals surface area (Å²) in [7, 11) is 1.46. The molecule has 1 amide bonds. The highest BCUT2D eigenvalue weighted by molar-refractivity contribution is 6.32. The molecule has 2 heterocycles. The Labute approximate surface area is 150 Å². The van der Waals surface area contributed by atoms with E-state index in [1.54, 1.807) is 0 Å². The van der Waals surface area contributed by atoms with Crippen LogP contribution in [0, 0.1) is 11.3 Å². The van der Waals surface area contributed by atoms with Crippen LogP contribution in [-0.2, 0) is 9.53 Å². The van der Waals surface area contributed by atoms with Gasteiger partial charge in [-0.2, -0.15) is 0 Å². The number of aliphatic carboxylic acids is 1. The van der Waals surface area contributed by atoms with E-state index in [1.165, 1.54) is 24.3 Å². The maximum absolute atomic E-state index is 12.7. The fourth-order valence-corrected chi connectivity index (χ4v) is 3.21. The number of hydrogen-bond donors (Lipinski definition) is 1. The Morgan fingerprint density at radius 1 is 1.48 bits per heavy atom. The standard InChI is InChI=1S/C17H21ClN2O5/c1-24-10-17(16(22)23)4-5-20(9-17)15(21)12-6-13(18)14(19-7-12)25-8-11-2-3-11/h6-7,11H,2-5,8-10H2,1H3,(H,22,23). The number of ether oxygens (including phenoxy) is 2. The number of methoxy groups -OCH3 is 1. The second kappa shape index (κ2) is 7.17. The molecule has 1 saturated heterocycles. The van der Waals surface area contributed by atoms with Crippen LogP contribution in [0.1, 0.15) is 29.6 Å². The molecule has 1 saturated carbocycles. The number of pyridine rings is 1. The van der Waals surface area contributed by atoms with Crippen molar-refractivity contribution in [2.45, 2.75) is 19.3 Å². The van der Waals surface area contributed by atoms with Crippen molar-refractivity contribution in [1.82, 2.24) is 9.88 Å². The topological polar surface area (TPSA) is 89.0 Å². The van der Waals surface area contributed by atoms with Crippen LogP contribution in [0.15, 0.2) is 12.3 Å². The summed E-state index contributed by atoms with van der Waals surface area (Å²) in [5.41, 5.74) is -0.739. The van der Waals surface area contributed by atoms with Gasteiger partial charge in [-0.3, -0.25) is 9.59 Å². The van der Waals surface area contributed by atoms with E-state index in [0.717, 1.165) is 12.8 Å². The van der Waals surface area contributed by atoms with E-state index in [1.807, 2.05) is 0 Å². The van der Waals surface area contributed by atoms with Gasteiger partial charge >= 0.3 is 5.97 Å². The average molecular weight is 369 g/mol. The van der Waals surface area contributed by atoms with Crippen molar-refractivity contribution in [2.24, 2.45) is 11.3 Å². The second-order valence-corrected chi connectivity index (χ2v) is 7.17. The van der Waals surface area contributed by atoms with Gasteiger partial charge in [-0.1, -0.05) is 11.6 Å². The Hall–Kier alpha value is -1.86. The van der Waals surface area contributed by atoms with Gasteiger partial charge in [-0.15, -0.1) is 0 Å². The summed E-state index contributed by atoms with van der Waals surface area (Å²) in [5, 5.41) is 9.77. The first kappa shape index (κ1) is 17.9. The molecule has 1 aliphatic carbocycles. The monoisotopic (exact) mass is 368 g/mol. The van der Waals surface area contributed by atoms with Crippen molar-refractivity contribution in [3.63, 3.8) is 0 Å². The third kappa shape index (κ3) is 3.88. The lowest BCUT2D eigenvalue weighted by molar-refractivity contribution is -0.151. The predicted octanol–water partition coefficient (Wildman–Crippen LogP) is 2.09. The number of halogens is 1. The number of aromatic nitrogens is 1. The first-order valence-corrected chi connectivity index (χ1v) is 8.63. The quantitative estimate of drug-likeness (QED) is 0.792. The van der Waals surface area contributed by atoms with Crippen molar-refractivity contribution < 1.29 is 24.2 Å². The molecule has 2 fully saturated rings. The number of nitrogens with zero attached hydrogens (tertiary/aromatic N) is 2. The second-order valence-electron chi connectivity index (χ2n) is 6.76. The largest absolute Gasteiger partial charge is 0.481 e. The summed E-state index contributed by atoms with van der Waals surface area (Å²) in [6.45, 7) is 1.11. The highest BCUT2D eigenvalue weighted by atomic mass is 35.5. The van der Waals surface area contributed by atoms with E-state index in [4.69, 9.17) is 21.1 Å². The van der Waals surface area contributed by atoms with Gasteiger partial charge in [0.05, 0.1) is 18.8 Å². The molecule has 2 aliphatic rings. The van der Waals surface area contributed by atoms with Crippen molar-refractivity contribution in [1.29, 1.82) is 0 Å². The Kier molecular flexibility index (Phi) is 5.15. The molecule has 1 aromatic heterocycles. The SMILES string of the molecule is COCC1(C(=O)O)CCN(C(=O)c2cnc(OCC3CC3)c(Cl)c2)C1. The molecule has 1 aromatic rings. The third-order valence-corrected chi connectivity index (χ3v) is 4.99. The van der Waals surface area contributed by atoms with Gasteiger partial charge in [0.15, 0.2) is 0 Å². The van der Waals surface area contributed by atoms with Crippen molar-refractivity contribution in [3.05, 3.63) is 22.8 Å². The average Bonchev–Trinajstić information content (AvgIpc) is 3.31. The molecule has 25 heavy (non-hydrogen) atoms. The van der Waals surface area contributed by atoms with Gasteiger partial charge in [0.1, 0.15) is 10.4 Å². The zero-order valence-electron chi connectivity index (χ0n) is 14.0. The fourth-order valence-electron chi connectivity index (χ4n) is 2.99. The van der Waals surface area contributed by atoms with Crippen LogP contribution in [0.2, 0.25) is 5.02 Å². The summed E-state index contributed by atoms with van der Waals surface area (Å²) >= 11 is 6.17. The first-order valence-electron chi connectivity index (χ1n) is 8.25. The number of hydrogen-bond acceptors (Lipinski definition) is 5. The number of carboxylic acid groups (broad SMARTS) is 1. The first-order chi connectivity index (χ1) is 11.9. The maximum Gasteiger partial charge on any atom is 0.313 e. The normalized spacial score (nSPS) is 22.9. The van der Waals surface area contributed by atoms with Gasteiger partial charge in [-0.05, 0) is 31.2 Å². The molecule has 0 aromatic carbocycles. The lowest BCUT2D eigenvalue weighted by Gasteiger charge is -2.23. The molecule has 1 N–H and O–H groups in total. The summed E-state index contributed by atoms with van der Waals surface area (Å²) < 4.78 is 10.6. The predicted molar refractivity (Wildman–Crippen MR) is 89.9 cm³/mol. The minimum Gasteiger partial charge on any atom is -0.481 e. The number of carbonyl (C=O) groups excluding carboxylic acids is 1. The van der Waals surface area contributed by atoms with E-state index in [0.29, 0.717) is 36.9 Å². The van der Waals surface area contributed by atoms with Crippen LogP contribution < -0.4 is 4.74 Å². The number of amides is 1. The number of carbonyl (C=O) groups is 2. The summed E-state index contributed by atoms with van der Waals surface area (Å²) in [6.07, 6.45) is 4.10. The van der Waals surface area contributed by atoms with E-state index < -0.39 is 11.4 Å². The molecule has 1 aliphatic heterocycles. The summed E-state index contributed by atoms with van der Waals surface area (Å²) in [6, 6.07) is 1.52. The van der Waals surface area contributed by atoms with Crippen LogP contribution in [0.25, 0.3) is 0 Å².